The predicted molar refractivity (Wildman–Crippen MR) is 79.4 cm³/mol. The van der Waals surface area contributed by atoms with E-state index in [9.17, 15) is 4.79 Å². The lowest BCUT2D eigenvalue weighted by molar-refractivity contribution is 0.0955. The maximum atomic E-state index is 12.0. The lowest BCUT2D eigenvalue weighted by Crippen LogP contribution is -2.21. The van der Waals surface area contributed by atoms with E-state index >= 15 is 0 Å². The highest BCUT2D eigenvalue weighted by molar-refractivity contribution is 7.14. The Labute approximate surface area is 121 Å². The molecular weight excluding hydrogens is 272 g/mol. The Balaban J connectivity index is 1.98. The maximum Gasteiger partial charge on any atom is 0.261 e. The Hall–Kier alpha value is -2.10. The number of hydrogen-bond donors (Lipinski definition) is 2. The first-order chi connectivity index (χ1) is 9.60. The first kappa shape index (κ1) is 14.3. The van der Waals surface area contributed by atoms with Crippen molar-refractivity contribution in [1.82, 2.24) is 15.1 Å². The third-order valence-corrected chi connectivity index (χ3v) is 3.70. The molecule has 0 aliphatic rings. The number of nitrogens with zero attached hydrogens (tertiary/aromatic N) is 2. The Kier molecular flexibility index (Phi) is 4.56. The Morgan fingerprint density at radius 1 is 1.55 bits per heavy atom. The van der Waals surface area contributed by atoms with Crippen molar-refractivity contribution in [2.45, 2.75) is 13.5 Å². The van der Waals surface area contributed by atoms with E-state index in [1.165, 1.54) is 11.3 Å². The topological polar surface area (TPSA) is 72.9 Å². The van der Waals surface area contributed by atoms with Crippen molar-refractivity contribution in [2.24, 2.45) is 12.8 Å². The number of carbonyl (C=O) groups excluding carboxylic acids is 1. The fourth-order valence-corrected chi connectivity index (χ4v) is 2.55. The molecule has 0 aliphatic carbocycles. The number of amides is 1. The number of aromatic nitrogens is 2. The number of carbonyl (C=O) groups is 1. The van der Waals surface area contributed by atoms with Crippen LogP contribution >= 0.6 is 11.3 Å². The van der Waals surface area contributed by atoms with Crippen LogP contribution in [0.2, 0.25) is 0 Å². The summed E-state index contributed by atoms with van der Waals surface area (Å²) in [7, 11) is 1.86. The molecule has 0 fully saturated rings. The molecule has 0 aliphatic heterocycles. The van der Waals surface area contributed by atoms with E-state index in [0.717, 1.165) is 16.1 Å². The van der Waals surface area contributed by atoms with Gasteiger partial charge in [0, 0.05) is 25.4 Å². The van der Waals surface area contributed by atoms with Gasteiger partial charge in [-0.15, -0.1) is 11.3 Å². The Bertz CT molecular complexity index is 675. The van der Waals surface area contributed by atoms with Crippen molar-refractivity contribution in [3.63, 3.8) is 0 Å². The van der Waals surface area contributed by atoms with Gasteiger partial charge in [0.25, 0.3) is 5.91 Å². The minimum Gasteiger partial charge on any atom is -0.347 e. The molecule has 0 unspecified atom stereocenters. The van der Waals surface area contributed by atoms with Crippen LogP contribution in [0, 0.1) is 18.8 Å². The molecule has 0 aromatic carbocycles. The van der Waals surface area contributed by atoms with Gasteiger partial charge in [-0.05, 0) is 19.1 Å². The van der Waals surface area contributed by atoms with Gasteiger partial charge in [-0.25, -0.2) is 0 Å². The summed E-state index contributed by atoms with van der Waals surface area (Å²) in [6.07, 6.45) is 1.90. The molecule has 0 saturated carbocycles. The lowest BCUT2D eigenvalue weighted by Gasteiger charge is -2.01. The van der Waals surface area contributed by atoms with Crippen molar-refractivity contribution >= 4 is 17.2 Å². The quantitative estimate of drug-likeness (QED) is 0.829. The molecule has 0 radical (unpaired) electrons. The zero-order valence-electron chi connectivity index (χ0n) is 11.4. The van der Waals surface area contributed by atoms with Gasteiger partial charge < -0.3 is 11.1 Å². The largest absolute Gasteiger partial charge is 0.347 e. The first-order valence-corrected chi connectivity index (χ1v) is 6.98. The summed E-state index contributed by atoms with van der Waals surface area (Å²) in [4.78, 5) is 13.5. The van der Waals surface area contributed by atoms with Crippen molar-refractivity contribution in [2.75, 3.05) is 6.54 Å². The van der Waals surface area contributed by atoms with Crippen molar-refractivity contribution in [3.05, 3.63) is 39.3 Å². The molecule has 1 amide bonds. The van der Waals surface area contributed by atoms with Gasteiger partial charge in [-0.1, -0.05) is 11.8 Å². The molecule has 2 rings (SSSR count). The minimum absolute atomic E-state index is 0.0981. The first-order valence-electron chi connectivity index (χ1n) is 6.16. The molecule has 0 atom stereocenters. The normalized spacial score (nSPS) is 9.95. The van der Waals surface area contributed by atoms with Crippen LogP contribution in [0.4, 0.5) is 0 Å². The molecule has 2 aromatic heterocycles. The van der Waals surface area contributed by atoms with E-state index in [1.54, 1.807) is 10.7 Å². The van der Waals surface area contributed by atoms with Crippen LogP contribution in [0.5, 0.6) is 0 Å². The van der Waals surface area contributed by atoms with Gasteiger partial charge in [0.05, 0.1) is 22.0 Å². The fourth-order valence-electron chi connectivity index (χ4n) is 1.75. The van der Waals surface area contributed by atoms with Crippen LogP contribution in [-0.4, -0.2) is 22.2 Å². The number of thiophene rings is 1. The zero-order valence-corrected chi connectivity index (χ0v) is 12.3. The van der Waals surface area contributed by atoms with Gasteiger partial charge in [0.2, 0.25) is 0 Å². The molecule has 0 spiro atoms. The SMILES string of the molecule is Cc1nn(C)cc1CNC(=O)c1ccc(C#CCN)s1. The van der Waals surface area contributed by atoms with E-state index in [-0.39, 0.29) is 5.91 Å². The standard InChI is InChI=1S/C14H16N4OS/c1-10-11(9-18(2)17-10)8-16-14(19)13-6-5-12(20-13)4-3-7-15/h5-6,9H,7-8,15H2,1-2H3,(H,16,19). The summed E-state index contributed by atoms with van der Waals surface area (Å²) in [5.41, 5.74) is 7.25. The molecule has 2 heterocycles. The zero-order chi connectivity index (χ0) is 14.5. The second-order valence-electron chi connectivity index (χ2n) is 4.27. The van der Waals surface area contributed by atoms with E-state index < -0.39 is 0 Å². The summed E-state index contributed by atoms with van der Waals surface area (Å²) in [5, 5.41) is 7.12. The smallest absolute Gasteiger partial charge is 0.261 e. The van der Waals surface area contributed by atoms with Gasteiger partial charge in [0.15, 0.2) is 0 Å². The van der Waals surface area contributed by atoms with Crippen LogP contribution in [0.1, 0.15) is 25.8 Å². The predicted octanol–water partition coefficient (Wildman–Crippen LogP) is 1.03. The number of nitrogens with one attached hydrogen (secondary N) is 1. The summed E-state index contributed by atoms with van der Waals surface area (Å²) < 4.78 is 1.74. The average molecular weight is 288 g/mol. The number of rotatable bonds is 3. The number of nitrogens with two attached hydrogens (primary N) is 1. The molecule has 3 N–H and O–H groups in total. The fraction of sp³-hybridized carbons (Fsp3) is 0.286. The monoisotopic (exact) mass is 288 g/mol. The van der Waals surface area contributed by atoms with Crippen LogP contribution in [0.3, 0.4) is 0 Å². The molecule has 20 heavy (non-hydrogen) atoms. The number of aryl methyl sites for hydroxylation is 2. The van der Waals surface area contributed by atoms with E-state index in [1.807, 2.05) is 26.2 Å². The Morgan fingerprint density at radius 3 is 3.00 bits per heavy atom. The van der Waals surface area contributed by atoms with Crippen molar-refractivity contribution < 1.29 is 4.79 Å². The lowest BCUT2D eigenvalue weighted by atomic mass is 10.2. The third-order valence-electron chi connectivity index (χ3n) is 2.70. The summed E-state index contributed by atoms with van der Waals surface area (Å²) in [6, 6.07) is 3.61. The molecule has 0 saturated heterocycles. The van der Waals surface area contributed by atoms with E-state index in [0.29, 0.717) is 18.0 Å². The summed E-state index contributed by atoms with van der Waals surface area (Å²) >= 11 is 1.36. The van der Waals surface area contributed by atoms with Crippen molar-refractivity contribution in [3.8, 4) is 11.8 Å². The summed E-state index contributed by atoms with van der Waals surface area (Å²) in [6.45, 7) is 2.72. The van der Waals surface area contributed by atoms with Gasteiger partial charge in [0.1, 0.15) is 0 Å². The van der Waals surface area contributed by atoms with Crippen LogP contribution in [0.25, 0.3) is 0 Å². The molecule has 5 nitrogen and oxygen atoms in total. The van der Waals surface area contributed by atoms with Gasteiger partial charge >= 0.3 is 0 Å². The second-order valence-corrected chi connectivity index (χ2v) is 5.35. The minimum atomic E-state index is -0.0981. The highest BCUT2D eigenvalue weighted by Gasteiger charge is 2.10. The molecule has 2 aromatic rings. The highest BCUT2D eigenvalue weighted by Crippen LogP contribution is 2.15. The molecule has 104 valence electrons. The molecule has 0 bridgehead atoms. The third kappa shape index (κ3) is 3.47. The van der Waals surface area contributed by atoms with Gasteiger partial charge in [-0.3, -0.25) is 9.48 Å². The van der Waals surface area contributed by atoms with E-state index in [2.05, 4.69) is 22.3 Å². The van der Waals surface area contributed by atoms with Crippen LogP contribution in [-0.2, 0) is 13.6 Å². The van der Waals surface area contributed by atoms with Crippen molar-refractivity contribution in [1.29, 1.82) is 0 Å². The maximum absolute atomic E-state index is 12.0. The second kappa shape index (κ2) is 6.37. The van der Waals surface area contributed by atoms with Crippen LogP contribution < -0.4 is 11.1 Å². The Morgan fingerprint density at radius 2 is 2.35 bits per heavy atom. The van der Waals surface area contributed by atoms with Gasteiger partial charge in [-0.2, -0.15) is 5.10 Å². The molecule has 6 heteroatoms. The van der Waals surface area contributed by atoms with Crippen LogP contribution in [0.15, 0.2) is 18.3 Å². The summed E-state index contributed by atoms with van der Waals surface area (Å²) in [5.74, 6) is 5.59. The molecular formula is C14H16N4OS. The number of hydrogen-bond acceptors (Lipinski definition) is 4. The average Bonchev–Trinajstić information content (AvgIpc) is 3.00. The van der Waals surface area contributed by atoms with E-state index in [4.69, 9.17) is 5.73 Å². The highest BCUT2D eigenvalue weighted by atomic mass is 32.1.